The Kier molecular flexibility index (Phi) is 6.47. The second-order valence-corrected chi connectivity index (χ2v) is 7.82. The second-order valence-electron chi connectivity index (χ2n) is 7.82. The second kappa shape index (κ2) is 9.61. The Balaban J connectivity index is 1.19. The highest BCUT2D eigenvalue weighted by Crippen LogP contribution is 2.22. The van der Waals surface area contributed by atoms with Crippen LogP contribution in [0.3, 0.4) is 0 Å². The molecule has 2 aromatic rings. The van der Waals surface area contributed by atoms with Gasteiger partial charge in [0, 0.05) is 44.8 Å². The lowest BCUT2D eigenvalue weighted by Gasteiger charge is -2.36. The summed E-state index contributed by atoms with van der Waals surface area (Å²) < 4.78 is 5.74. The van der Waals surface area contributed by atoms with E-state index in [0.29, 0.717) is 38.7 Å². The summed E-state index contributed by atoms with van der Waals surface area (Å²) in [6.07, 6.45) is 5.11. The SMILES string of the molecule is O=C(NCc1ccc(OCc2ccccn2)cc1)N1CCC(N2CCCC2=O)CC1. The van der Waals surface area contributed by atoms with Crippen molar-refractivity contribution in [3.63, 3.8) is 0 Å². The molecule has 7 heteroatoms. The minimum Gasteiger partial charge on any atom is -0.487 e. The third-order valence-electron chi connectivity index (χ3n) is 5.78. The molecule has 30 heavy (non-hydrogen) atoms. The lowest BCUT2D eigenvalue weighted by Crippen LogP contribution is -2.49. The third-order valence-corrected chi connectivity index (χ3v) is 5.78. The van der Waals surface area contributed by atoms with E-state index in [1.54, 1.807) is 6.20 Å². The van der Waals surface area contributed by atoms with E-state index < -0.39 is 0 Å². The Morgan fingerprint density at radius 1 is 1.10 bits per heavy atom. The van der Waals surface area contributed by atoms with Gasteiger partial charge in [0.2, 0.25) is 5.91 Å². The van der Waals surface area contributed by atoms with Gasteiger partial charge in [-0.25, -0.2) is 4.79 Å². The zero-order chi connectivity index (χ0) is 20.8. The Bertz CT molecular complexity index is 849. The average Bonchev–Trinajstić information content (AvgIpc) is 3.23. The summed E-state index contributed by atoms with van der Waals surface area (Å²) in [7, 11) is 0. The maximum absolute atomic E-state index is 12.5. The summed E-state index contributed by atoms with van der Waals surface area (Å²) in [6, 6.07) is 13.7. The molecule has 0 aliphatic carbocycles. The highest BCUT2D eigenvalue weighted by atomic mass is 16.5. The summed E-state index contributed by atoms with van der Waals surface area (Å²) in [5, 5.41) is 2.99. The molecule has 2 fully saturated rings. The molecule has 2 aliphatic rings. The molecule has 0 atom stereocenters. The van der Waals surface area contributed by atoms with Crippen LogP contribution in [0.15, 0.2) is 48.7 Å². The van der Waals surface area contributed by atoms with Crippen molar-refractivity contribution in [2.75, 3.05) is 19.6 Å². The molecule has 0 bridgehead atoms. The predicted molar refractivity (Wildman–Crippen MR) is 113 cm³/mol. The number of aromatic nitrogens is 1. The maximum Gasteiger partial charge on any atom is 0.317 e. The maximum atomic E-state index is 12.5. The molecule has 1 aromatic heterocycles. The first-order chi connectivity index (χ1) is 14.7. The number of nitrogens with one attached hydrogen (secondary N) is 1. The number of likely N-dealkylation sites (tertiary alicyclic amines) is 2. The first-order valence-corrected chi connectivity index (χ1v) is 10.6. The van der Waals surface area contributed by atoms with Gasteiger partial charge in [0.15, 0.2) is 0 Å². The first kappa shape index (κ1) is 20.2. The van der Waals surface area contributed by atoms with Crippen molar-refractivity contribution in [3.8, 4) is 5.75 Å². The van der Waals surface area contributed by atoms with E-state index in [1.807, 2.05) is 52.3 Å². The van der Waals surface area contributed by atoms with Gasteiger partial charge < -0.3 is 19.9 Å². The number of nitrogens with zero attached hydrogens (tertiary/aromatic N) is 3. The van der Waals surface area contributed by atoms with Crippen molar-refractivity contribution in [2.24, 2.45) is 0 Å². The summed E-state index contributed by atoms with van der Waals surface area (Å²) >= 11 is 0. The molecule has 4 rings (SSSR count). The summed E-state index contributed by atoms with van der Waals surface area (Å²) in [6.45, 7) is 3.16. The van der Waals surface area contributed by atoms with Gasteiger partial charge in [-0.2, -0.15) is 0 Å². The predicted octanol–water partition coefficient (Wildman–Crippen LogP) is 2.96. The minimum absolute atomic E-state index is 0.0447. The van der Waals surface area contributed by atoms with Crippen LogP contribution >= 0.6 is 0 Å². The van der Waals surface area contributed by atoms with Crippen LogP contribution in [0.25, 0.3) is 0 Å². The number of carbonyl (C=O) groups excluding carboxylic acids is 2. The molecule has 1 N–H and O–H groups in total. The highest BCUT2D eigenvalue weighted by molar-refractivity contribution is 5.78. The molecule has 0 spiro atoms. The van der Waals surface area contributed by atoms with Gasteiger partial charge >= 0.3 is 6.03 Å². The Hall–Kier alpha value is -3.09. The zero-order valence-electron chi connectivity index (χ0n) is 17.1. The zero-order valence-corrected chi connectivity index (χ0v) is 17.1. The number of rotatable bonds is 6. The van der Waals surface area contributed by atoms with E-state index >= 15 is 0 Å². The van der Waals surface area contributed by atoms with Crippen LogP contribution in [0.4, 0.5) is 4.79 Å². The number of hydrogen-bond acceptors (Lipinski definition) is 4. The van der Waals surface area contributed by atoms with Gasteiger partial charge in [-0.15, -0.1) is 0 Å². The van der Waals surface area contributed by atoms with Crippen molar-refractivity contribution in [1.29, 1.82) is 0 Å². The fraction of sp³-hybridized carbons (Fsp3) is 0.435. The van der Waals surface area contributed by atoms with Gasteiger partial charge in [-0.1, -0.05) is 18.2 Å². The molecule has 7 nitrogen and oxygen atoms in total. The molecule has 0 radical (unpaired) electrons. The van der Waals surface area contributed by atoms with E-state index in [0.717, 1.165) is 42.8 Å². The van der Waals surface area contributed by atoms with Crippen LogP contribution in [0, 0.1) is 0 Å². The van der Waals surface area contributed by atoms with E-state index in [2.05, 4.69) is 10.3 Å². The molecule has 2 saturated heterocycles. The van der Waals surface area contributed by atoms with E-state index in [-0.39, 0.29) is 11.9 Å². The van der Waals surface area contributed by atoms with Gasteiger partial charge in [0.1, 0.15) is 12.4 Å². The number of benzene rings is 1. The lowest BCUT2D eigenvalue weighted by atomic mass is 10.0. The van der Waals surface area contributed by atoms with Crippen molar-refractivity contribution in [2.45, 2.75) is 44.9 Å². The first-order valence-electron chi connectivity index (χ1n) is 10.6. The Morgan fingerprint density at radius 3 is 2.57 bits per heavy atom. The highest BCUT2D eigenvalue weighted by Gasteiger charge is 2.31. The van der Waals surface area contributed by atoms with Crippen molar-refractivity contribution >= 4 is 11.9 Å². The van der Waals surface area contributed by atoms with E-state index in [4.69, 9.17) is 4.74 Å². The number of urea groups is 1. The van der Waals surface area contributed by atoms with Crippen LogP contribution in [-0.4, -0.2) is 52.4 Å². The van der Waals surface area contributed by atoms with Crippen LogP contribution in [0.1, 0.15) is 36.9 Å². The summed E-state index contributed by atoms with van der Waals surface area (Å²) in [4.78, 5) is 32.5. The summed E-state index contributed by atoms with van der Waals surface area (Å²) in [5.74, 6) is 1.04. The lowest BCUT2D eigenvalue weighted by molar-refractivity contribution is -0.130. The summed E-state index contributed by atoms with van der Waals surface area (Å²) in [5.41, 5.74) is 1.90. The van der Waals surface area contributed by atoms with Gasteiger partial charge in [0.05, 0.1) is 5.69 Å². The van der Waals surface area contributed by atoms with Crippen LogP contribution in [0.2, 0.25) is 0 Å². The smallest absolute Gasteiger partial charge is 0.317 e. The van der Waals surface area contributed by atoms with Crippen molar-refractivity contribution in [1.82, 2.24) is 20.1 Å². The van der Waals surface area contributed by atoms with E-state index in [1.165, 1.54) is 0 Å². The monoisotopic (exact) mass is 408 g/mol. The molecule has 1 aromatic carbocycles. The molecule has 2 aliphatic heterocycles. The number of piperidine rings is 1. The van der Waals surface area contributed by atoms with Crippen molar-refractivity contribution in [3.05, 3.63) is 59.9 Å². The number of amides is 3. The molecule has 3 heterocycles. The fourth-order valence-corrected chi connectivity index (χ4v) is 4.07. The number of hydrogen-bond donors (Lipinski definition) is 1. The van der Waals surface area contributed by atoms with Crippen LogP contribution < -0.4 is 10.1 Å². The molecular weight excluding hydrogens is 380 g/mol. The van der Waals surface area contributed by atoms with Gasteiger partial charge in [0.25, 0.3) is 0 Å². The molecule has 3 amide bonds. The standard InChI is InChI=1S/C23H28N4O3/c28-22-5-3-13-27(22)20-10-14-26(15-11-20)23(29)25-16-18-6-8-21(9-7-18)30-17-19-4-1-2-12-24-19/h1-2,4,6-9,12,20H,3,5,10-11,13-17H2,(H,25,29). The normalized spacial score (nSPS) is 17.3. The minimum atomic E-state index is -0.0447. The fourth-order valence-electron chi connectivity index (χ4n) is 4.07. The third kappa shape index (κ3) is 5.09. The average molecular weight is 409 g/mol. The number of ether oxygens (including phenoxy) is 1. The Morgan fingerprint density at radius 2 is 1.90 bits per heavy atom. The Labute approximate surface area is 177 Å². The molecule has 158 valence electrons. The quantitative estimate of drug-likeness (QED) is 0.798. The van der Waals surface area contributed by atoms with Crippen LogP contribution in [0.5, 0.6) is 5.75 Å². The van der Waals surface area contributed by atoms with Gasteiger partial charge in [-0.3, -0.25) is 9.78 Å². The van der Waals surface area contributed by atoms with Gasteiger partial charge in [-0.05, 0) is 49.1 Å². The molecular formula is C23H28N4O3. The van der Waals surface area contributed by atoms with Crippen LogP contribution in [-0.2, 0) is 17.9 Å². The topological polar surface area (TPSA) is 74.8 Å². The largest absolute Gasteiger partial charge is 0.487 e. The molecule has 0 unspecified atom stereocenters. The van der Waals surface area contributed by atoms with Crippen molar-refractivity contribution < 1.29 is 14.3 Å². The number of pyridine rings is 1. The number of carbonyl (C=O) groups is 2. The van der Waals surface area contributed by atoms with E-state index in [9.17, 15) is 9.59 Å². The molecule has 0 saturated carbocycles.